The second-order valence-electron chi connectivity index (χ2n) is 10.6. The molecule has 3 heterocycles. The first-order valence-electron chi connectivity index (χ1n) is 13.7. The number of nitrogens with zero attached hydrogens (tertiary/aromatic N) is 2. The zero-order chi connectivity index (χ0) is 26.4. The first kappa shape index (κ1) is 21.6. The number of furan rings is 1. The van der Waals surface area contributed by atoms with Crippen molar-refractivity contribution >= 4 is 65.6 Å². The van der Waals surface area contributed by atoms with Crippen molar-refractivity contribution in [2.45, 2.75) is 0 Å². The summed E-state index contributed by atoms with van der Waals surface area (Å²) < 4.78 is 11.1. The quantitative estimate of drug-likeness (QED) is 0.226. The first-order valence-corrected chi connectivity index (χ1v) is 13.7. The SMILES string of the molecule is Cn1c2ccccc2c2cc(-c3ccc4c(c3)c3ccccc3n4-c3cccc4c3oc3ccccc34)ccc21. The van der Waals surface area contributed by atoms with Gasteiger partial charge in [0.05, 0.1) is 16.7 Å². The Morgan fingerprint density at radius 3 is 1.80 bits per heavy atom. The fraction of sp³-hybridized carbons (Fsp3) is 0.0270. The van der Waals surface area contributed by atoms with Gasteiger partial charge in [0, 0.05) is 50.4 Å². The van der Waals surface area contributed by atoms with E-state index in [0.29, 0.717) is 0 Å². The molecule has 0 N–H and O–H groups in total. The molecule has 0 atom stereocenters. The monoisotopic (exact) mass is 512 g/mol. The highest BCUT2D eigenvalue weighted by Crippen LogP contribution is 2.40. The van der Waals surface area contributed by atoms with E-state index in [1.54, 1.807) is 0 Å². The van der Waals surface area contributed by atoms with Gasteiger partial charge in [0.1, 0.15) is 5.58 Å². The Morgan fingerprint density at radius 1 is 0.450 bits per heavy atom. The maximum absolute atomic E-state index is 6.45. The molecule has 3 nitrogen and oxygen atoms in total. The summed E-state index contributed by atoms with van der Waals surface area (Å²) in [5.41, 5.74) is 10.2. The van der Waals surface area contributed by atoms with E-state index in [9.17, 15) is 0 Å². The minimum Gasteiger partial charge on any atom is -0.454 e. The highest BCUT2D eigenvalue weighted by molar-refractivity contribution is 6.14. The van der Waals surface area contributed by atoms with Gasteiger partial charge in [-0.05, 0) is 59.7 Å². The molecule has 188 valence electrons. The largest absolute Gasteiger partial charge is 0.454 e. The molecule has 0 aliphatic heterocycles. The molecule has 6 aromatic carbocycles. The van der Waals surface area contributed by atoms with Gasteiger partial charge >= 0.3 is 0 Å². The Kier molecular flexibility index (Phi) is 4.26. The second-order valence-corrected chi connectivity index (χ2v) is 10.6. The van der Waals surface area contributed by atoms with E-state index < -0.39 is 0 Å². The lowest BCUT2D eigenvalue weighted by molar-refractivity contribution is 0.666. The van der Waals surface area contributed by atoms with Crippen LogP contribution in [0.4, 0.5) is 0 Å². The highest BCUT2D eigenvalue weighted by Gasteiger charge is 2.18. The average molecular weight is 513 g/mol. The molecular weight excluding hydrogens is 488 g/mol. The van der Waals surface area contributed by atoms with Crippen molar-refractivity contribution in [2.75, 3.05) is 0 Å². The van der Waals surface area contributed by atoms with Crippen molar-refractivity contribution in [1.82, 2.24) is 9.13 Å². The summed E-state index contributed by atoms with van der Waals surface area (Å²) in [6, 6.07) is 45.8. The Bertz CT molecular complexity index is 2450. The molecule has 0 aliphatic rings. The fourth-order valence-corrected chi connectivity index (χ4v) is 6.67. The van der Waals surface area contributed by atoms with Crippen LogP contribution in [0.3, 0.4) is 0 Å². The minimum absolute atomic E-state index is 0.914. The van der Waals surface area contributed by atoms with Gasteiger partial charge in [0.25, 0.3) is 0 Å². The Balaban J connectivity index is 1.31. The summed E-state index contributed by atoms with van der Waals surface area (Å²) in [5.74, 6) is 0. The number of hydrogen-bond donors (Lipinski definition) is 0. The number of aryl methyl sites for hydroxylation is 1. The molecule has 0 aliphatic carbocycles. The molecule has 0 spiro atoms. The summed E-state index contributed by atoms with van der Waals surface area (Å²) in [6.45, 7) is 0. The van der Waals surface area contributed by atoms with E-state index in [1.165, 1.54) is 54.7 Å². The van der Waals surface area contributed by atoms with Crippen LogP contribution in [0.1, 0.15) is 0 Å². The standard InChI is InChI=1S/C37H24N2O/c1-38-31-13-5-2-9-25(31)29-21-23(17-19-32(29)38)24-18-20-34-30(22-24)26-10-3-6-14-33(26)39(34)35-15-8-12-28-27-11-4-7-16-36(27)40-37(28)35/h2-22H,1H3. The Labute approximate surface area is 230 Å². The molecule has 0 saturated heterocycles. The summed E-state index contributed by atoms with van der Waals surface area (Å²) in [4.78, 5) is 0. The molecule has 3 aromatic heterocycles. The predicted octanol–water partition coefficient (Wildman–Crippen LogP) is 9.99. The van der Waals surface area contributed by atoms with Crippen LogP contribution in [0.5, 0.6) is 0 Å². The van der Waals surface area contributed by atoms with Gasteiger partial charge < -0.3 is 13.6 Å². The van der Waals surface area contributed by atoms with Gasteiger partial charge in [-0.3, -0.25) is 0 Å². The van der Waals surface area contributed by atoms with Crippen LogP contribution >= 0.6 is 0 Å². The zero-order valence-corrected chi connectivity index (χ0v) is 21.9. The van der Waals surface area contributed by atoms with Crippen molar-refractivity contribution in [2.24, 2.45) is 7.05 Å². The maximum Gasteiger partial charge on any atom is 0.159 e. The highest BCUT2D eigenvalue weighted by atomic mass is 16.3. The maximum atomic E-state index is 6.45. The smallest absolute Gasteiger partial charge is 0.159 e. The van der Waals surface area contributed by atoms with Crippen molar-refractivity contribution in [3.63, 3.8) is 0 Å². The Morgan fingerprint density at radius 2 is 1.00 bits per heavy atom. The molecule has 0 saturated carbocycles. The molecule has 0 radical (unpaired) electrons. The van der Waals surface area contributed by atoms with Crippen LogP contribution in [-0.2, 0) is 7.05 Å². The van der Waals surface area contributed by atoms with Gasteiger partial charge in [-0.15, -0.1) is 0 Å². The van der Waals surface area contributed by atoms with Crippen LogP contribution in [-0.4, -0.2) is 9.13 Å². The van der Waals surface area contributed by atoms with E-state index >= 15 is 0 Å². The molecule has 0 fully saturated rings. The summed E-state index contributed by atoms with van der Waals surface area (Å²) >= 11 is 0. The third-order valence-corrected chi connectivity index (χ3v) is 8.54. The lowest BCUT2D eigenvalue weighted by Gasteiger charge is -2.09. The summed E-state index contributed by atoms with van der Waals surface area (Å²) in [7, 11) is 2.15. The normalized spacial score (nSPS) is 12.1. The van der Waals surface area contributed by atoms with Gasteiger partial charge in [-0.25, -0.2) is 0 Å². The second kappa shape index (κ2) is 7.87. The summed E-state index contributed by atoms with van der Waals surface area (Å²) in [6.07, 6.45) is 0. The number of rotatable bonds is 2. The van der Waals surface area contributed by atoms with Crippen molar-refractivity contribution in [3.05, 3.63) is 127 Å². The van der Waals surface area contributed by atoms with Crippen LogP contribution < -0.4 is 0 Å². The van der Waals surface area contributed by atoms with E-state index in [4.69, 9.17) is 4.42 Å². The molecule has 0 bridgehead atoms. The number of hydrogen-bond acceptors (Lipinski definition) is 1. The third-order valence-electron chi connectivity index (χ3n) is 8.54. The molecule has 3 heteroatoms. The third kappa shape index (κ3) is 2.84. The number of fused-ring (bicyclic) bond motifs is 9. The topological polar surface area (TPSA) is 23.0 Å². The lowest BCUT2D eigenvalue weighted by Crippen LogP contribution is -1.94. The van der Waals surface area contributed by atoms with Gasteiger partial charge in [0.2, 0.25) is 0 Å². The molecule has 0 amide bonds. The van der Waals surface area contributed by atoms with E-state index in [2.05, 4.69) is 131 Å². The zero-order valence-electron chi connectivity index (χ0n) is 21.9. The van der Waals surface area contributed by atoms with Crippen LogP contribution in [0.15, 0.2) is 132 Å². The van der Waals surface area contributed by atoms with Crippen LogP contribution in [0.25, 0.3) is 82.4 Å². The lowest BCUT2D eigenvalue weighted by atomic mass is 10.0. The molecule has 9 aromatic rings. The van der Waals surface area contributed by atoms with E-state index in [0.717, 1.165) is 27.6 Å². The van der Waals surface area contributed by atoms with E-state index in [-0.39, 0.29) is 0 Å². The summed E-state index contributed by atoms with van der Waals surface area (Å²) in [5, 5.41) is 7.33. The van der Waals surface area contributed by atoms with Gasteiger partial charge in [0.15, 0.2) is 5.58 Å². The van der Waals surface area contributed by atoms with Crippen molar-refractivity contribution in [1.29, 1.82) is 0 Å². The molecule has 9 rings (SSSR count). The average Bonchev–Trinajstić information content (AvgIpc) is 3.65. The minimum atomic E-state index is 0.914. The van der Waals surface area contributed by atoms with Crippen LogP contribution in [0.2, 0.25) is 0 Å². The number of para-hydroxylation sites is 4. The van der Waals surface area contributed by atoms with Crippen molar-refractivity contribution in [3.8, 4) is 16.8 Å². The first-order chi connectivity index (χ1) is 19.8. The Hall–Kier alpha value is -5.28. The van der Waals surface area contributed by atoms with Crippen LogP contribution in [0, 0.1) is 0 Å². The molecular formula is C37H24N2O. The number of benzene rings is 6. The predicted molar refractivity (Wildman–Crippen MR) is 167 cm³/mol. The number of aromatic nitrogens is 2. The molecule has 40 heavy (non-hydrogen) atoms. The van der Waals surface area contributed by atoms with Gasteiger partial charge in [-0.1, -0.05) is 78.9 Å². The van der Waals surface area contributed by atoms with Crippen molar-refractivity contribution < 1.29 is 4.42 Å². The fourth-order valence-electron chi connectivity index (χ4n) is 6.67. The van der Waals surface area contributed by atoms with E-state index in [1.807, 2.05) is 12.1 Å². The van der Waals surface area contributed by atoms with Gasteiger partial charge in [-0.2, -0.15) is 0 Å². The molecule has 0 unspecified atom stereocenters.